The Labute approximate surface area is 133 Å². The van der Waals surface area contributed by atoms with Crippen molar-refractivity contribution in [3.63, 3.8) is 0 Å². The van der Waals surface area contributed by atoms with Crippen molar-refractivity contribution in [2.24, 2.45) is 0 Å². The SMILES string of the molecule is CCN(S)C(=O)Nc1cnc2ccc(NCCOC)nc2n1. The summed E-state index contributed by atoms with van der Waals surface area (Å²) in [6.07, 6.45) is 1.48. The van der Waals surface area contributed by atoms with Gasteiger partial charge in [0.25, 0.3) is 0 Å². The molecule has 2 aromatic rings. The first-order valence-electron chi connectivity index (χ1n) is 6.78. The van der Waals surface area contributed by atoms with Gasteiger partial charge in [-0.15, -0.1) is 0 Å². The van der Waals surface area contributed by atoms with E-state index in [0.717, 1.165) is 0 Å². The molecule has 0 saturated carbocycles. The first-order valence-corrected chi connectivity index (χ1v) is 7.18. The van der Waals surface area contributed by atoms with E-state index in [9.17, 15) is 4.79 Å². The van der Waals surface area contributed by atoms with Gasteiger partial charge in [0.15, 0.2) is 11.5 Å². The van der Waals surface area contributed by atoms with Crippen LogP contribution >= 0.6 is 12.8 Å². The van der Waals surface area contributed by atoms with Gasteiger partial charge in [0.2, 0.25) is 0 Å². The maximum atomic E-state index is 11.7. The Morgan fingerprint density at radius 3 is 2.86 bits per heavy atom. The fraction of sp³-hybridized carbons (Fsp3) is 0.385. The van der Waals surface area contributed by atoms with Crippen LogP contribution in [-0.4, -0.2) is 52.1 Å². The summed E-state index contributed by atoms with van der Waals surface area (Å²) in [5.74, 6) is 0.998. The second-order valence-electron chi connectivity index (χ2n) is 4.36. The van der Waals surface area contributed by atoms with Crippen LogP contribution in [0.15, 0.2) is 18.3 Å². The molecule has 0 spiro atoms. The van der Waals surface area contributed by atoms with E-state index in [2.05, 4.69) is 38.4 Å². The predicted molar refractivity (Wildman–Crippen MR) is 88.1 cm³/mol. The van der Waals surface area contributed by atoms with Crippen molar-refractivity contribution >= 4 is 41.6 Å². The maximum absolute atomic E-state index is 11.7. The van der Waals surface area contributed by atoms with Crippen molar-refractivity contribution in [3.8, 4) is 0 Å². The molecule has 0 bridgehead atoms. The van der Waals surface area contributed by atoms with Crippen molar-refractivity contribution in [2.45, 2.75) is 6.92 Å². The summed E-state index contributed by atoms with van der Waals surface area (Å²) in [4.78, 5) is 24.6. The Hall–Kier alpha value is -2.13. The molecule has 8 nitrogen and oxygen atoms in total. The second-order valence-corrected chi connectivity index (χ2v) is 4.84. The molecule has 2 N–H and O–H groups in total. The number of anilines is 2. The number of rotatable bonds is 6. The number of urea groups is 1. The van der Waals surface area contributed by atoms with Gasteiger partial charge in [-0.1, -0.05) is 12.8 Å². The number of hydrogen-bond donors (Lipinski definition) is 3. The Bertz CT molecular complexity index is 653. The molecule has 2 amide bonds. The molecule has 118 valence electrons. The number of methoxy groups -OCH3 is 1. The van der Waals surface area contributed by atoms with E-state index in [1.165, 1.54) is 10.5 Å². The minimum atomic E-state index is -0.367. The van der Waals surface area contributed by atoms with Gasteiger partial charge < -0.3 is 10.1 Å². The zero-order valence-electron chi connectivity index (χ0n) is 12.4. The highest BCUT2D eigenvalue weighted by Gasteiger charge is 2.10. The fourth-order valence-electron chi connectivity index (χ4n) is 1.66. The Balaban J connectivity index is 2.15. The van der Waals surface area contributed by atoms with Crippen LogP contribution in [0.1, 0.15) is 6.92 Å². The molecular weight excluding hydrogens is 304 g/mol. The molecule has 0 saturated heterocycles. The predicted octanol–water partition coefficient (Wildman–Crippen LogP) is 1.78. The largest absolute Gasteiger partial charge is 0.383 e. The molecule has 0 aliphatic carbocycles. The van der Waals surface area contributed by atoms with Crippen LogP contribution in [0.25, 0.3) is 11.2 Å². The van der Waals surface area contributed by atoms with Crippen molar-refractivity contribution < 1.29 is 9.53 Å². The summed E-state index contributed by atoms with van der Waals surface area (Å²) in [5, 5.41) is 5.73. The third-order valence-electron chi connectivity index (χ3n) is 2.79. The van der Waals surface area contributed by atoms with Crippen molar-refractivity contribution in [1.82, 2.24) is 19.3 Å². The minimum Gasteiger partial charge on any atom is -0.383 e. The fourth-order valence-corrected chi connectivity index (χ4v) is 1.71. The molecule has 2 rings (SSSR count). The summed E-state index contributed by atoms with van der Waals surface area (Å²) in [6.45, 7) is 3.51. The minimum absolute atomic E-state index is 0.326. The molecule has 0 aromatic carbocycles. The third kappa shape index (κ3) is 4.18. The number of thiol groups is 1. The van der Waals surface area contributed by atoms with Gasteiger partial charge in [0.05, 0.1) is 12.8 Å². The van der Waals surface area contributed by atoms with E-state index >= 15 is 0 Å². The number of aromatic nitrogens is 3. The highest BCUT2D eigenvalue weighted by Crippen LogP contribution is 2.14. The van der Waals surface area contributed by atoms with E-state index in [4.69, 9.17) is 4.74 Å². The number of carbonyl (C=O) groups is 1. The van der Waals surface area contributed by atoms with Gasteiger partial charge in [0, 0.05) is 20.2 Å². The van der Waals surface area contributed by atoms with Crippen molar-refractivity contribution in [2.75, 3.05) is 37.4 Å². The number of hydrogen-bond acceptors (Lipinski definition) is 7. The van der Waals surface area contributed by atoms with E-state index in [1.807, 2.05) is 19.1 Å². The van der Waals surface area contributed by atoms with Gasteiger partial charge in [-0.3, -0.25) is 9.62 Å². The molecule has 9 heteroatoms. The number of ether oxygens (including phenoxy) is 1. The molecule has 0 radical (unpaired) electrons. The van der Waals surface area contributed by atoms with Crippen LogP contribution in [0, 0.1) is 0 Å². The van der Waals surface area contributed by atoms with Gasteiger partial charge >= 0.3 is 6.03 Å². The Morgan fingerprint density at radius 2 is 2.14 bits per heavy atom. The summed E-state index contributed by atoms with van der Waals surface area (Å²) >= 11 is 4.03. The first-order chi connectivity index (χ1) is 10.6. The molecule has 0 atom stereocenters. The molecule has 0 unspecified atom stereocenters. The highest BCUT2D eigenvalue weighted by atomic mass is 32.1. The van der Waals surface area contributed by atoms with Crippen LogP contribution in [0.2, 0.25) is 0 Å². The number of fused-ring (bicyclic) bond motifs is 1. The van der Waals surface area contributed by atoms with E-state index in [-0.39, 0.29) is 6.03 Å². The number of amides is 2. The molecule has 2 aromatic heterocycles. The summed E-state index contributed by atoms with van der Waals surface area (Å²) < 4.78 is 6.21. The Kier molecular flexibility index (Phi) is 5.73. The zero-order chi connectivity index (χ0) is 15.9. The number of nitrogens with one attached hydrogen (secondary N) is 2. The monoisotopic (exact) mass is 322 g/mol. The molecular formula is C13H18N6O2S. The number of carbonyl (C=O) groups excluding carboxylic acids is 1. The smallest absolute Gasteiger partial charge is 0.332 e. The summed E-state index contributed by atoms with van der Waals surface area (Å²) in [5.41, 5.74) is 1.09. The van der Waals surface area contributed by atoms with Crippen LogP contribution in [-0.2, 0) is 4.74 Å². The lowest BCUT2D eigenvalue weighted by atomic mass is 10.4. The molecule has 22 heavy (non-hydrogen) atoms. The topological polar surface area (TPSA) is 92.3 Å². The van der Waals surface area contributed by atoms with E-state index in [1.54, 1.807) is 7.11 Å². The summed E-state index contributed by atoms with van der Waals surface area (Å²) in [7, 11) is 1.64. The highest BCUT2D eigenvalue weighted by molar-refractivity contribution is 7.78. The lowest BCUT2D eigenvalue weighted by molar-refractivity contribution is 0.210. The lowest BCUT2D eigenvalue weighted by Crippen LogP contribution is -2.27. The summed E-state index contributed by atoms with van der Waals surface area (Å²) in [6, 6.07) is 3.26. The number of nitrogens with zero attached hydrogens (tertiary/aromatic N) is 4. The normalized spacial score (nSPS) is 10.5. The molecule has 2 heterocycles. The van der Waals surface area contributed by atoms with Crippen molar-refractivity contribution in [3.05, 3.63) is 18.3 Å². The standard InChI is InChI=1S/C13H18N6O2S/c1-3-19(22)13(20)18-11-8-15-9-4-5-10(14-6-7-21-2)16-12(9)17-11/h4-5,8,22H,3,6-7H2,1-2H3,(H2,14,16,17,18,20). The Morgan fingerprint density at radius 1 is 1.36 bits per heavy atom. The average molecular weight is 322 g/mol. The lowest BCUT2D eigenvalue weighted by Gasteiger charge is -2.13. The molecule has 0 aliphatic rings. The van der Waals surface area contributed by atoms with E-state index < -0.39 is 0 Å². The van der Waals surface area contributed by atoms with Gasteiger partial charge in [-0.25, -0.2) is 19.7 Å². The first kappa shape index (κ1) is 16.2. The zero-order valence-corrected chi connectivity index (χ0v) is 13.3. The van der Waals surface area contributed by atoms with Gasteiger partial charge in [-0.05, 0) is 19.1 Å². The van der Waals surface area contributed by atoms with Gasteiger partial charge in [-0.2, -0.15) is 0 Å². The van der Waals surface area contributed by atoms with Crippen molar-refractivity contribution in [1.29, 1.82) is 0 Å². The number of pyridine rings is 1. The molecule has 0 aliphatic heterocycles. The van der Waals surface area contributed by atoms with Crippen LogP contribution in [0.3, 0.4) is 0 Å². The second kappa shape index (κ2) is 7.76. The van der Waals surface area contributed by atoms with Crippen LogP contribution in [0.5, 0.6) is 0 Å². The van der Waals surface area contributed by atoms with E-state index in [0.29, 0.717) is 42.5 Å². The average Bonchev–Trinajstić information content (AvgIpc) is 2.54. The molecule has 0 fully saturated rings. The maximum Gasteiger partial charge on any atom is 0.332 e. The van der Waals surface area contributed by atoms with Gasteiger partial charge in [0.1, 0.15) is 11.3 Å². The van der Waals surface area contributed by atoms with Crippen LogP contribution in [0.4, 0.5) is 16.4 Å². The van der Waals surface area contributed by atoms with Crippen LogP contribution < -0.4 is 10.6 Å². The third-order valence-corrected chi connectivity index (χ3v) is 3.25. The quantitative estimate of drug-likeness (QED) is 0.554.